The average molecular weight is 336 g/mol. The van der Waals surface area contributed by atoms with Crippen LogP contribution in [-0.2, 0) is 17.8 Å². The molecular formula is C17H18ClNO2S. The monoisotopic (exact) mass is 335 g/mol. The van der Waals surface area contributed by atoms with Gasteiger partial charge >= 0.3 is 0 Å². The minimum atomic E-state index is -1.43. The van der Waals surface area contributed by atoms with Gasteiger partial charge < -0.3 is 4.55 Å². The van der Waals surface area contributed by atoms with Gasteiger partial charge in [-0.2, -0.15) is 0 Å². The maximum absolute atomic E-state index is 12.3. The fourth-order valence-corrected chi connectivity index (χ4v) is 3.07. The summed E-state index contributed by atoms with van der Waals surface area (Å²) in [5, 5.41) is 0.357. The Kier molecular flexibility index (Phi) is 6.31. The first kappa shape index (κ1) is 16.9. The van der Waals surface area contributed by atoms with Crippen LogP contribution in [-0.4, -0.2) is 10.8 Å². The van der Waals surface area contributed by atoms with E-state index in [0.29, 0.717) is 21.8 Å². The van der Waals surface area contributed by atoms with Crippen LogP contribution in [0.1, 0.15) is 35.7 Å². The van der Waals surface area contributed by atoms with E-state index in [1.807, 2.05) is 24.3 Å². The van der Waals surface area contributed by atoms with Crippen molar-refractivity contribution < 1.29 is 9.35 Å². The van der Waals surface area contributed by atoms with Gasteiger partial charge in [0.1, 0.15) is 11.4 Å². The Hall–Kier alpha value is -1.49. The molecule has 0 saturated carbocycles. The highest BCUT2D eigenvalue weighted by Crippen LogP contribution is 2.21. The fraction of sp³-hybridized carbons (Fsp3) is 0.235. The first-order chi connectivity index (χ1) is 10.6. The summed E-state index contributed by atoms with van der Waals surface area (Å²) in [5.41, 5.74) is 2.39. The van der Waals surface area contributed by atoms with Crippen LogP contribution in [0.3, 0.4) is 0 Å². The third-order valence-corrected chi connectivity index (χ3v) is 4.74. The molecule has 0 bridgehead atoms. The molecule has 1 atom stereocenters. The highest BCUT2D eigenvalue weighted by atomic mass is 35.5. The standard InChI is InChI=1S/C17H18ClNO2S/c1-2-3-4-13-5-7-15(8-6-13)19-22(21)16-9-10-17(18)14(11-16)12-20/h5-12,19H,2-4H2,1H3. The summed E-state index contributed by atoms with van der Waals surface area (Å²) in [6, 6.07) is 12.7. The maximum atomic E-state index is 12.3. The number of rotatable bonds is 7. The summed E-state index contributed by atoms with van der Waals surface area (Å²) in [7, 11) is 0. The molecule has 0 saturated heterocycles. The van der Waals surface area contributed by atoms with Gasteiger partial charge in [-0.1, -0.05) is 37.1 Å². The molecule has 0 aliphatic rings. The van der Waals surface area contributed by atoms with Gasteiger partial charge in [0.25, 0.3) is 0 Å². The number of halogens is 1. The average Bonchev–Trinajstić information content (AvgIpc) is 2.54. The molecule has 0 radical (unpaired) electrons. The van der Waals surface area contributed by atoms with Gasteiger partial charge in [0.15, 0.2) is 11.2 Å². The van der Waals surface area contributed by atoms with Crippen molar-refractivity contribution in [3.63, 3.8) is 0 Å². The van der Waals surface area contributed by atoms with E-state index in [2.05, 4.69) is 11.6 Å². The number of carbonyl (C=O) groups excluding carboxylic acids is 1. The Morgan fingerprint density at radius 2 is 1.95 bits per heavy atom. The molecule has 1 N–H and O–H groups in total. The number of carbonyl (C=O) groups is 1. The highest BCUT2D eigenvalue weighted by molar-refractivity contribution is 7.92. The van der Waals surface area contributed by atoms with E-state index in [1.165, 1.54) is 18.1 Å². The summed E-state index contributed by atoms with van der Waals surface area (Å²) >= 11 is 4.44. The van der Waals surface area contributed by atoms with Gasteiger partial charge in [-0.3, -0.25) is 4.79 Å². The molecule has 0 amide bonds. The normalized spacial score (nSPS) is 12.0. The number of nitrogens with one attached hydrogen (secondary N) is 1. The van der Waals surface area contributed by atoms with Crippen LogP contribution in [0.4, 0.5) is 5.69 Å². The predicted octanol–water partition coefficient (Wildman–Crippen LogP) is 4.63. The van der Waals surface area contributed by atoms with Crippen LogP contribution in [0.2, 0.25) is 5.02 Å². The first-order valence-electron chi connectivity index (χ1n) is 7.16. The van der Waals surface area contributed by atoms with Gasteiger partial charge in [0, 0.05) is 11.6 Å². The molecule has 0 spiro atoms. The SMILES string of the molecule is CCCCc1ccc(N[S+]([O-])c2ccc(Cl)c(C=O)c2)cc1. The Morgan fingerprint density at radius 3 is 2.59 bits per heavy atom. The second-order valence-electron chi connectivity index (χ2n) is 4.97. The molecule has 2 rings (SSSR count). The molecule has 1 unspecified atom stereocenters. The van der Waals surface area contributed by atoms with E-state index in [9.17, 15) is 9.35 Å². The van der Waals surface area contributed by atoms with Crippen LogP contribution in [0.15, 0.2) is 47.4 Å². The van der Waals surface area contributed by atoms with Crippen molar-refractivity contribution in [2.75, 3.05) is 4.72 Å². The van der Waals surface area contributed by atoms with Crippen molar-refractivity contribution in [1.29, 1.82) is 0 Å². The summed E-state index contributed by atoms with van der Waals surface area (Å²) in [5.74, 6) is 0. The number of aryl methyl sites for hydroxylation is 1. The number of unbranched alkanes of at least 4 members (excludes halogenated alkanes) is 1. The molecule has 116 valence electrons. The lowest BCUT2D eigenvalue weighted by molar-refractivity contribution is 0.112. The van der Waals surface area contributed by atoms with Crippen LogP contribution >= 0.6 is 11.6 Å². The minimum absolute atomic E-state index is 0.337. The summed E-state index contributed by atoms with van der Waals surface area (Å²) in [4.78, 5) is 11.4. The third-order valence-electron chi connectivity index (χ3n) is 3.29. The van der Waals surface area contributed by atoms with E-state index < -0.39 is 11.4 Å². The van der Waals surface area contributed by atoms with Crippen LogP contribution in [0.5, 0.6) is 0 Å². The third kappa shape index (κ3) is 4.50. The van der Waals surface area contributed by atoms with Gasteiger partial charge in [-0.15, -0.1) is 0 Å². The number of benzene rings is 2. The van der Waals surface area contributed by atoms with Crippen molar-refractivity contribution in [3.05, 3.63) is 58.6 Å². The summed E-state index contributed by atoms with van der Waals surface area (Å²) in [6.45, 7) is 2.17. The number of hydrogen-bond donors (Lipinski definition) is 1. The molecule has 0 aromatic heterocycles. The summed E-state index contributed by atoms with van der Waals surface area (Å²) in [6.07, 6.45) is 4.04. The van der Waals surface area contributed by atoms with E-state index in [-0.39, 0.29) is 0 Å². The molecule has 0 aliphatic heterocycles. The zero-order valence-corrected chi connectivity index (χ0v) is 13.9. The molecule has 5 heteroatoms. The lowest BCUT2D eigenvalue weighted by Crippen LogP contribution is -2.13. The van der Waals surface area contributed by atoms with Gasteiger partial charge in [0.2, 0.25) is 0 Å². The van der Waals surface area contributed by atoms with Crippen molar-refractivity contribution in [2.24, 2.45) is 0 Å². The molecular weight excluding hydrogens is 318 g/mol. The highest BCUT2D eigenvalue weighted by Gasteiger charge is 2.14. The van der Waals surface area contributed by atoms with Crippen LogP contribution in [0, 0.1) is 0 Å². The van der Waals surface area contributed by atoms with E-state index in [0.717, 1.165) is 18.5 Å². The van der Waals surface area contributed by atoms with E-state index >= 15 is 0 Å². The Bertz CT molecular complexity index is 631. The number of anilines is 1. The van der Waals surface area contributed by atoms with Crippen LogP contribution < -0.4 is 4.72 Å². The second-order valence-corrected chi connectivity index (χ2v) is 6.59. The van der Waals surface area contributed by atoms with Crippen molar-refractivity contribution >= 4 is 34.9 Å². The zero-order chi connectivity index (χ0) is 15.9. The molecule has 3 nitrogen and oxygen atoms in total. The van der Waals surface area contributed by atoms with E-state index in [4.69, 9.17) is 11.6 Å². The van der Waals surface area contributed by atoms with Crippen molar-refractivity contribution in [2.45, 2.75) is 31.1 Å². The largest absolute Gasteiger partial charge is 0.588 e. The van der Waals surface area contributed by atoms with Gasteiger partial charge in [-0.25, -0.2) is 4.72 Å². The smallest absolute Gasteiger partial charge is 0.180 e. The van der Waals surface area contributed by atoms with Gasteiger partial charge in [0.05, 0.1) is 10.7 Å². The lowest BCUT2D eigenvalue weighted by Gasteiger charge is -2.12. The molecule has 22 heavy (non-hydrogen) atoms. The summed E-state index contributed by atoms with van der Waals surface area (Å²) < 4.78 is 15.2. The maximum Gasteiger partial charge on any atom is 0.180 e. The molecule has 2 aromatic carbocycles. The molecule has 0 aliphatic carbocycles. The molecule has 0 heterocycles. The first-order valence-corrected chi connectivity index (χ1v) is 8.69. The minimum Gasteiger partial charge on any atom is -0.588 e. The Morgan fingerprint density at radius 1 is 1.23 bits per heavy atom. The van der Waals surface area contributed by atoms with E-state index in [1.54, 1.807) is 12.1 Å². The fourth-order valence-electron chi connectivity index (χ4n) is 2.01. The topological polar surface area (TPSA) is 52.2 Å². The number of aldehydes is 1. The Balaban J connectivity index is 2.05. The van der Waals surface area contributed by atoms with Crippen molar-refractivity contribution in [1.82, 2.24) is 0 Å². The lowest BCUT2D eigenvalue weighted by atomic mass is 10.1. The quantitative estimate of drug-likeness (QED) is 0.593. The second kappa shape index (κ2) is 8.22. The molecule has 0 fully saturated rings. The van der Waals surface area contributed by atoms with Crippen molar-refractivity contribution in [3.8, 4) is 0 Å². The van der Waals surface area contributed by atoms with Crippen LogP contribution in [0.25, 0.3) is 0 Å². The zero-order valence-electron chi connectivity index (χ0n) is 12.3. The predicted molar refractivity (Wildman–Crippen MR) is 91.9 cm³/mol. The molecule has 2 aromatic rings. The van der Waals surface area contributed by atoms with Gasteiger partial charge in [-0.05, 0) is 42.7 Å². The number of hydrogen-bond acceptors (Lipinski definition) is 3. The Labute approximate surface area is 139 Å².